The highest BCUT2D eigenvalue weighted by Gasteiger charge is 2.17. The van der Waals surface area contributed by atoms with Gasteiger partial charge in [0.25, 0.3) is 0 Å². The smallest absolute Gasteiger partial charge is 0.158 e. The van der Waals surface area contributed by atoms with Crippen LogP contribution in [0.3, 0.4) is 0 Å². The summed E-state index contributed by atoms with van der Waals surface area (Å²) in [5.41, 5.74) is 0.694. The SMILES string of the molecule is CCCCOc1cc(F)c(C=O)cc1COC1CCCCO1. The van der Waals surface area contributed by atoms with Gasteiger partial charge in [-0.2, -0.15) is 0 Å². The fraction of sp³-hybridized carbons (Fsp3) is 0.588. The molecule has 122 valence electrons. The molecule has 0 bridgehead atoms. The summed E-state index contributed by atoms with van der Waals surface area (Å²) in [6, 6.07) is 2.76. The van der Waals surface area contributed by atoms with Crippen molar-refractivity contribution in [2.24, 2.45) is 0 Å². The average molecular weight is 310 g/mol. The molecule has 1 aromatic carbocycles. The van der Waals surface area contributed by atoms with Crippen LogP contribution < -0.4 is 4.74 Å². The number of unbranched alkanes of at least 4 members (excludes halogenated alkanes) is 1. The normalized spacial score (nSPS) is 18.2. The number of hydrogen-bond donors (Lipinski definition) is 0. The highest BCUT2D eigenvalue weighted by Crippen LogP contribution is 2.25. The fourth-order valence-electron chi connectivity index (χ4n) is 2.31. The van der Waals surface area contributed by atoms with Crippen molar-refractivity contribution in [2.75, 3.05) is 13.2 Å². The molecule has 1 fully saturated rings. The van der Waals surface area contributed by atoms with Gasteiger partial charge in [-0.05, 0) is 31.7 Å². The number of rotatable bonds is 8. The fourth-order valence-corrected chi connectivity index (χ4v) is 2.31. The summed E-state index contributed by atoms with van der Waals surface area (Å²) in [6.07, 6.45) is 5.14. The van der Waals surface area contributed by atoms with E-state index in [2.05, 4.69) is 6.92 Å². The number of halogens is 1. The second-order valence-corrected chi connectivity index (χ2v) is 5.41. The van der Waals surface area contributed by atoms with Crippen LogP contribution in [0, 0.1) is 5.82 Å². The quantitative estimate of drug-likeness (QED) is 0.540. The van der Waals surface area contributed by atoms with Crippen molar-refractivity contribution in [3.8, 4) is 5.75 Å². The minimum Gasteiger partial charge on any atom is -0.493 e. The third-order valence-electron chi connectivity index (χ3n) is 3.62. The lowest BCUT2D eigenvalue weighted by Gasteiger charge is -2.23. The Morgan fingerprint density at radius 1 is 1.41 bits per heavy atom. The van der Waals surface area contributed by atoms with Gasteiger partial charge < -0.3 is 14.2 Å². The Kier molecular flexibility index (Phi) is 6.80. The third-order valence-corrected chi connectivity index (χ3v) is 3.62. The van der Waals surface area contributed by atoms with Gasteiger partial charge in [0.15, 0.2) is 12.6 Å². The monoisotopic (exact) mass is 310 g/mol. The molecular formula is C17H23FO4. The Morgan fingerprint density at radius 3 is 2.95 bits per heavy atom. The average Bonchev–Trinajstić information content (AvgIpc) is 2.55. The van der Waals surface area contributed by atoms with Crippen LogP contribution in [0.4, 0.5) is 4.39 Å². The maximum absolute atomic E-state index is 13.8. The van der Waals surface area contributed by atoms with E-state index in [1.807, 2.05) is 0 Å². The van der Waals surface area contributed by atoms with Gasteiger partial charge in [0.2, 0.25) is 0 Å². The molecule has 22 heavy (non-hydrogen) atoms. The Balaban J connectivity index is 2.05. The summed E-state index contributed by atoms with van der Waals surface area (Å²) < 4.78 is 30.6. The highest BCUT2D eigenvalue weighted by atomic mass is 19.1. The lowest BCUT2D eigenvalue weighted by Crippen LogP contribution is -2.22. The molecule has 1 heterocycles. The van der Waals surface area contributed by atoms with Gasteiger partial charge in [-0.3, -0.25) is 4.79 Å². The Morgan fingerprint density at radius 2 is 2.27 bits per heavy atom. The van der Waals surface area contributed by atoms with Crippen molar-refractivity contribution < 1.29 is 23.4 Å². The lowest BCUT2D eigenvalue weighted by atomic mass is 10.1. The summed E-state index contributed by atoms with van der Waals surface area (Å²) >= 11 is 0. The summed E-state index contributed by atoms with van der Waals surface area (Å²) in [4.78, 5) is 10.9. The van der Waals surface area contributed by atoms with Crippen LogP contribution in [0.5, 0.6) is 5.75 Å². The summed E-state index contributed by atoms with van der Waals surface area (Å²) in [5, 5.41) is 0. The molecule has 5 heteroatoms. The lowest BCUT2D eigenvalue weighted by molar-refractivity contribution is -0.169. The Labute approximate surface area is 130 Å². The van der Waals surface area contributed by atoms with E-state index in [0.29, 0.717) is 30.8 Å². The third kappa shape index (κ3) is 4.78. The first kappa shape index (κ1) is 16.9. The molecule has 1 aliphatic heterocycles. The molecule has 0 N–H and O–H groups in total. The summed E-state index contributed by atoms with van der Waals surface area (Å²) in [7, 11) is 0. The van der Waals surface area contributed by atoms with Gasteiger partial charge in [-0.25, -0.2) is 4.39 Å². The molecule has 0 radical (unpaired) electrons. The number of hydrogen-bond acceptors (Lipinski definition) is 4. The van der Waals surface area contributed by atoms with Crippen LogP contribution >= 0.6 is 0 Å². The summed E-state index contributed by atoms with van der Waals surface area (Å²) in [6.45, 7) is 3.52. The van der Waals surface area contributed by atoms with Crippen LogP contribution in [0.25, 0.3) is 0 Å². The van der Waals surface area contributed by atoms with Crippen molar-refractivity contribution in [1.29, 1.82) is 0 Å². The van der Waals surface area contributed by atoms with Gasteiger partial charge in [0, 0.05) is 18.2 Å². The van der Waals surface area contributed by atoms with E-state index in [1.54, 1.807) is 0 Å². The number of benzene rings is 1. The Hall–Kier alpha value is -1.46. The molecule has 0 saturated carbocycles. The van der Waals surface area contributed by atoms with Gasteiger partial charge in [0.05, 0.1) is 18.8 Å². The van der Waals surface area contributed by atoms with E-state index >= 15 is 0 Å². The minimum absolute atomic E-state index is 0.0194. The van der Waals surface area contributed by atoms with E-state index in [0.717, 1.165) is 32.1 Å². The number of carbonyl (C=O) groups is 1. The van der Waals surface area contributed by atoms with E-state index in [4.69, 9.17) is 14.2 Å². The highest BCUT2D eigenvalue weighted by molar-refractivity contribution is 5.76. The second kappa shape index (κ2) is 8.86. The largest absolute Gasteiger partial charge is 0.493 e. The number of ether oxygens (including phenoxy) is 3. The first-order valence-corrected chi connectivity index (χ1v) is 7.88. The predicted octanol–water partition coefficient (Wildman–Crippen LogP) is 3.86. The van der Waals surface area contributed by atoms with Crippen molar-refractivity contribution in [1.82, 2.24) is 0 Å². The zero-order valence-corrected chi connectivity index (χ0v) is 13.0. The molecule has 1 unspecified atom stereocenters. The molecule has 0 aliphatic carbocycles. The molecule has 1 saturated heterocycles. The van der Waals surface area contributed by atoms with Crippen molar-refractivity contribution in [3.05, 3.63) is 29.1 Å². The summed E-state index contributed by atoms with van der Waals surface area (Å²) in [5.74, 6) is -0.133. The van der Waals surface area contributed by atoms with Crippen molar-refractivity contribution in [3.63, 3.8) is 0 Å². The van der Waals surface area contributed by atoms with Gasteiger partial charge in [-0.1, -0.05) is 13.3 Å². The van der Waals surface area contributed by atoms with E-state index in [-0.39, 0.29) is 18.5 Å². The molecule has 1 atom stereocenters. The van der Waals surface area contributed by atoms with Gasteiger partial charge >= 0.3 is 0 Å². The maximum Gasteiger partial charge on any atom is 0.158 e. The second-order valence-electron chi connectivity index (χ2n) is 5.41. The van der Waals surface area contributed by atoms with E-state index < -0.39 is 5.82 Å². The molecule has 0 amide bonds. The topological polar surface area (TPSA) is 44.8 Å². The zero-order valence-electron chi connectivity index (χ0n) is 13.0. The number of carbonyl (C=O) groups excluding carboxylic acids is 1. The van der Waals surface area contributed by atoms with Crippen LogP contribution in [-0.2, 0) is 16.1 Å². The predicted molar refractivity (Wildman–Crippen MR) is 80.6 cm³/mol. The van der Waals surface area contributed by atoms with E-state index in [9.17, 15) is 9.18 Å². The number of aldehydes is 1. The molecule has 0 aromatic heterocycles. The van der Waals surface area contributed by atoms with Crippen LogP contribution in [0.15, 0.2) is 12.1 Å². The Bertz CT molecular complexity index is 484. The standard InChI is InChI=1S/C17H23FO4/c1-2-3-7-20-16-10-15(18)13(11-19)9-14(16)12-22-17-6-4-5-8-21-17/h9-11,17H,2-8,12H2,1H3. The first-order valence-electron chi connectivity index (χ1n) is 7.88. The van der Waals surface area contributed by atoms with Crippen LogP contribution in [0.2, 0.25) is 0 Å². The first-order chi connectivity index (χ1) is 10.7. The zero-order chi connectivity index (χ0) is 15.8. The molecule has 1 aromatic rings. The van der Waals surface area contributed by atoms with Gasteiger partial charge in [0.1, 0.15) is 11.6 Å². The molecule has 4 nitrogen and oxygen atoms in total. The molecular weight excluding hydrogens is 287 g/mol. The molecule has 1 aliphatic rings. The van der Waals surface area contributed by atoms with Crippen molar-refractivity contribution >= 4 is 6.29 Å². The van der Waals surface area contributed by atoms with Gasteiger partial charge in [-0.15, -0.1) is 0 Å². The molecule has 2 rings (SSSR count). The minimum atomic E-state index is -0.570. The van der Waals surface area contributed by atoms with Crippen molar-refractivity contribution in [2.45, 2.75) is 51.9 Å². The molecule has 0 spiro atoms. The van der Waals surface area contributed by atoms with Crippen LogP contribution in [0.1, 0.15) is 54.9 Å². The van der Waals surface area contributed by atoms with E-state index in [1.165, 1.54) is 12.1 Å². The maximum atomic E-state index is 13.8. The van der Waals surface area contributed by atoms with Crippen LogP contribution in [-0.4, -0.2) is 25.8 Å².